The fourth-order valence-electron chi connectivity index (χ4n) is 1.41. The van der Waals surface area contributed by atoms with Crippen molar-refractivity contribution in [2.75, 3.05) is 6.61 Å². The van der Waals surface area contributed by atoms with Crippen molar-refractivity contribution in [2.45, 2.75) is 19.3 Å². The maximum Gasteiger partial charge on any atom is 0.338 e. The minimum Gasteiger partial charge on any atom is -0.457 e. The lowest BCUT2D eigenvalue weighted by molar-refractivity contribution is 0.0543. The lowest BCUT2D eigenvalue weighted by atomic mass is 10.2. The van der Waals surface area contributed by atoms with E-state index in [0.29, 0.717) is 12.0 Å². The second-order valence-electron chi connectivity index (χ2n) is 4.05. The molecule has 1 aromatic carbocycles. The summed E-state index contributed by atoms with van der Waals surface area (Å²) in [4.78, 5) is 11.6. The smallest absolute Gasteiger partial charge is 0.338 e. The molecule has 0 atom stereocenters. The molecule has 0 amide bonds. The van der Waals surface area contributed by atoms with Gasteiger partial charge in [-0.15, -0.1) is 0 Å². The maximum absolute atomic E-state index is 11.6. The van der Waals surface area contributed by atoms with Crippen LogP contribution in [0, 0.1) is 11.3 Å². The molecule has 19 heavy (non-hydrogen) atoms. The zero-order chi connectivity index (χ0) is 13.9. The van der Waals surface area contributed by atoms with Crippen LogP contribution in [0.15, 0.2) is 54.6 Å². The van der Waals surface area contributed by atoms with E-state index in [1.807, 2.05) is 18.2 Å². The minimum atomic E-state index is -0.348. The van der Waals surface area contributed by atoms with Gasteiger partial charge < -0.3 is 4.74 Å². The lowest BCUT2D eigenvalue weighted by Gasteiger charge is -2.04. The molecule has 98 valence electrons. The molecule has 0 spiro atoms. The number of unbranched alkanes of at least 4 members (excludes halogenated alkanes) is 2. The van der Waals surface area contributed by atoms with Crippen LogP contribution in [0.25, 0.3) is 0 Å². The number of nitriles is 1. The predicted octanol–water partition coefficient (Wildman–Crippen LogP) is 3.65. The summed E-state index contributed by atoms with van der Waals surface area (Å²) in [6.07, 6.45) is 5.99. The van der Waals surface area contributed by atoms with Crippen LogP contribution in [0.1, 0.15) is 29.6 Å². The van der Waals surface area contributed by atoms with Crippen LogP contribution in [0.3, 0.4) is 0 Å². The van der Waals surface area contributed by atoms with Crippen LogP contribution in [-0.4, -0.2) is 12.6 Å². The molecule has 3 nitrogen and oxygen atoms in total. The van der Waals surface area contributed by atoms with E-state index in [1.54, 1.807) is 24.3 Å². The molecular formula is C16H17NO2. The molecular weight excluding hydrogens is 238 g/mol. The van der Waals surface area contributed by atoms with Crippen molar-refractivity contribution in [1.82, 2.24) is 0 Å². The average Bonchev–Trinajstić information content (AvgIpc) is 2.45. The Bertz CT molecular complexity index is 483. The van der Waals surface area contributed by atoms with Gasteiger partial charge in [0.25, 0.3) is 0 Å². The van der Waals surface area contributed by atoms with Crippen LogP contribution in [0.5, 0.6) is 0 Å². The number of carbonyl (C=O) groups is 1. The number of benzene rings is 1. The zero-order valence-electron chi connectivity index (χ0n) is 10.8. The molecule has 0 bridgehead atoms. The lowest BCUT2D eigenvalue weighted by Crippen LogP contribution is -2.06. The van der Waals surface area contributed by atoms with E-state index in [2.05, 4.69) is 12.6 Å². The molecule has 0 saturated heterocycles. The van der Waals surface area contributed by atoms with Crippen LogP contribution in [0.4, 0.5) is 0 Å². The van der Waals surface area contributed by atoms with Gasteiger partial charge in [-0.3, -0.25) is 0 Å². The Labute approximate surface area is 113 Å². The van der Waals surface area contributed by atoms with Crippen LogP contribution in [0.2, 0.25) is 0 Å². The number of allylic oxidation sites excluding steroid dienone is 1. The van der Waals surface area contributed by atoms with E-state index in [0.717, 1.165) is 18.4 Å². The van der Waals surface area contributed by atoms with E-state index >= 15 is 0 Å². The van der Waals surface area contributed by atoms with Crippen LogP contribution >= 0.6 is 0 Å². The molecule has 0 aliphatic rings. The third-order valence-corrected chi connectivity index (χ3v) is 2.41. The van der Waals surface area contributed by atoms with E-state index in [9.17, 15) is 4.79 Å². The molecule has 0 N–H and O–H groups in total. The molecule has 0 aliphatic heterocycles. The molecule has 0 aliphatic carbocycles. The highest BCUT2D eigenvalue weighted by atomic mass is 16.5. The summed E-state index contributed by atoms with van der Waals surface area (Å²) in [5.41, 5.74) is 1.27. The van der Waals surface area contributed by atoms with Gasteiger partial charge in [-0.25, -0.2) is 4.79 Å². The average molecular weight is 255 g/mol. The minimum absolute atomic E-state index is 0.183. The summed E-state index contributed by atoms with van der Waals surface area (Å²) in [6.45, 7) is 3.99. The Hall–Kier alpha value is -2.34. The molecule has 3 heteroatoms. The zero-order valence-corrected chi connectivity index (χ0v) is 10.8. The van der Waals surface area contributed by atoms with Crippen molar-refractivity contribution in [1.29, 1.82) is 5.26 Å². The van der Waals surface area contributed by atoms with Gasteiger partial charge >= 0.3 is 5.97 Å². The van der Waals surface area contributed by atoms with E-state index in [-0.39, 0.29) is 12.6 Å². The summed E-state index contributed by atoms with van der Waals surface area (Å²) in [7, 11) is 0. The summed E-state index contributed by atoms with van der Waals surface area (Å²) < 4.78 is 5.13. The largest absolute Gasteiger partial charge is 0.457 e. The number of esters is 1. The molecule has 1 aromatic rings. The third kappa shape index (κ3) is 6.23. The SMILES string of the molecule is C=C(C=CCCCC#N)COC(=O)c1ccccc1. The first-order valence-electron chi connectivity index (χ1n) is 6.17. The number of ether oxygens (including phenoxy) is 1. The summed E-state index contributed by atoms with van der Waals surface area (Å²) in [5, 5.41) is 8.38. The van der Waals surface area contributed by atoms with Crippen molar-refractivity contribution in [3.05, 3.63) is 60.2 Å². The van der Waals surface area contributed by atoms with Gasteiger partial charge in [0.15, 0.2) is 0 Å². The molecule has 0 fully saturated rings. The molecule has 0 radical (unpaired) electrons. The van der Waals surface area contributed by atoms with Crippen molar-refractivity contribution >= 4 is 5.97 Å². The Balaban J connectivity index is 2.27. The summed E-state index contributed by atoms with van der Waals surface area (Å²) in [6, 6.07) is 10.9. The molecule has 0 aromatic heterocycles. The quantitative estimate of drug-likeness (QED) is 0.424. The van der Waals surface area contributed by atoms with Gasteiger partial charge in [0, 0.05) is 6.42 Å². The van der Waals surface area contributed by atoms with Gasteiger partial charge in [-0.05, 0) is 30.5 Å². The predicted molar refractivity (Wildman–Crippen MR) is 74.5 cm³/mol. The van der Waals surface area contributed by atoms with Gasteiger partial charge in [0.1, 0.15) is 6.61 Å². The first kappa shape index (κ1) is 14.7. The second kappa shape index (κ2) is 8.71. The summed E-state index contributed by atoms with van der Waals surface area (Å²) in [5.74, 6) is -0.348. The first-order chi connectivity index (χ1) is 9.24. The van der Waals surface area contributed by atoms with Gasteiger partial charge in [-0.1, -0.05) is 36.9 Å². The highest BCUT2D eigenvalue weighted by molar-refractivity contribution is 5.89. The van der Waals surface area contributed by atoms with E-state index < -0.39 is 0 Å². The Morgan fingerprint density at radius 1 is 1.37 bits per heavy atom. The number of rotatable bonds is 7. The van der Waals surface area contributed by atoms with E-state index in [4.69, 9.17) is 10.00 Å². The second-order valence-corrected chi connectivity index (χ2v) is 4.05. The number of hydrogen-bond acceptors (Lipinski definition) is 3. The van der Waals surface area contributed by atoms with Crippen molar-refractivity contribution < 1.29 is 9.53 Å². The molecule has 1 rings (SSSR count). The van der Waals surface area contributed by atoms with Crippen LogP contribution in [-0.2, 0) is 4.74 Å². The normalized spacial score (nSPS) is 10.1. The van der Waals surface area contributed by atoms with Gasteiger partial charge in [0.2, 0.25) is 0 Å². The summed E-state index contributed by atoms with van der Waals surface area (Å²) >= 11 is 0. The third-order valence-electron chi connectivity index (χ3n) is 2.41. The molecule has 0 unspecified atom stereocenters. The molecule has 0 heterocycles. The van der Waals surface area contributed by atoms with Gasteiger partial charge in [0.05, 0.1) is 11.6 Å². The monoisotopic (exact) mass is 255 g/mol. The Morgan fingerprint density at radius 3 is 2.79 bits per heavy atom. The fourth-order valence-corrected chi connectivity index (χ4v) is 1.41. The van der Waals surface area contributed by atoms with Crippen molar-refractivity contribution in [3.63, 3.8) is 0 Å². The Kier molecular flexibility index (Phi) is 6.75. The van der Waals surface area contributed by atoms with Crippen LogP contribution < -0.4 is 0 Å². The van der Waals surface area contributed by atoms with Crippen molar-refractivity contribution in [3.8, 4) is 6.07 Å². The topological polar surface area (TPSA) is 50.1 Å². The maximum atomic E-state index is 11.6. The highest BCUT2D eigenvalue weighted by Crippen LogP contribution is 2.04. The van der Waals surface area contributed by atoms with Gasteiger partial charge in [-0.2, -0.15) is 5.26 Å². The first-order valence-corrected chi connectivity index (χ1v) is 6.17. The van der Waals surface area contributed by atoms with Crippen molar-refractivity contribution in [2.24, 2.45) is 0 Å². The fraction of sp³-hybridized carbons (Fsp3) is 0.250. The molecule has 0 saturated carbocycles. The Morgan fingerprint density at radius 2 is 2.11 bits per heavy atom. The number of carbonyl (C=O) groups excluding carboxylic acids is 1. The number of nitrogens with zero attached hydrogens (tertiary/aromatic N) is 1. The highest BCUT2D eigenvalue weighted by Gasteiger charge is 2.05. The number of hydrogen-bond donors (Lipinski definition) is 0. The standard InChI is InChI=1S/C16H17NO2/c1-14(9-5-2-3-8-12-17)13-19-16(18)15-10-6-4-7-11-15/h4-7,9-11H,1-3,8,13H2. The van der Waals surface area contributed by atoms with E-state index in [1.165, 1.54) is 0 Å².